The van der Waals surface area contributed by atoms with E-state index in [4.69, 9.17) is 0 Å². The van der Waals surface area contributed by atoms with Gasteiger partial charge in [0.1, 0.15) is 0 Å². The molecule has 1 saturated heterocycles. The van der Waals surface area contributed by atoms with Gasteiger partial charge >= 0.3 is 0 Å². The standard InChI is InChI=1S/C11H20N2O/c1-10(2)11(14)4-3-7-13-8-5-12-6-9-13/h3-4,10,12H,5-9H2,1-2H3/b4-3+. The molecule has 1 N–H and O–H groups in total. The largest absolute Gasteiger partial charge is 0.314 e. The Morgan fingerprint density at radius 1 is 1.43 bits per heavy atom. The Morgan fingerprint density at radius 3 is 2.64 bits per heavy atom. The van der Waals surface area contributed by atoms with Crippen molar-refractivity contribution in [2.24, 2.45) is 5.92 Å². The van der Waals surface area contributed by atoms with Crippen LogP contribution in [0.15, 0.2) is 12.2 Å². The number of rotatable bonds is 4. The van der Waals surface area contributed by atoms with E-state index >= 15 is 0 Å². The average molecular weight is 196 g/mol. The monoisotopic (exact) mass is 196 g/mol. The van der Waals surface area contributed by atoms with Crippen molar-refractivity contribution in [1.82, 2.24) is 10.2 Å². The lowest BCUT2D eigenvalue weighted by atomic mass is 10.1. The van der Waals surface area contributed by atoms with Crippen LogP contribution in [-0.2, 0) is 4.79 Å². The third-order valence-corrected chi connectivity index (χ3v) is 2.42. The minimum atomic E-state index is 0.120. The number of hydrogen-bond donors (Lipinski definition) is 1. The van der Waals surface area contributed by atoms with E-state index in [0.29, 0.717) is 0 Å². The number of piperazine rings is 1. The molecule has 0 saturated carbocycles. The molecule has 0 bridgehead atoms. The molecule has 1 fully saturated rings. The highest BCUT2D eigenvalue weighted by Crippen LogP contribution is 1.97. The summed E-state index contributed by atoms with van der Waals surface area (Å²) in [5.74, 6) is 0.342. The van der Waals surface area contributed by atoms with Gasteiger partial charge in [-0.1, -0.05) is 19.9 Å². The normalized spacial score (nSPS) is 19.4. The van der Waals surface area contributed by atoms with E-state index in [1.54, 1.807) is 6.08 Å². The van der Waals surface area contributed by atoms with Crippen molar-refractivity contribution in [3.8, 4) is 0 Å². The van der Waals surface area contributed by atoms with E-state index in [9.17, 15) is 4.79 Å². The molecule has 3 nitrogen and oxygen atoms in total. The minimum Gasteiger partial charge on any atom is -0.314 e. The number of carbonyl (C=O) groups excluding carboxylic acids is 1. The van der Waals surface area contributed by atoms with Gasteiger partial charge in [-0.15, -0.1) is 0 Å². The van der Waals surface area contributed by atoms with Gasteiger partial charge in [0.2, 0.25) is 0 Å². The van der Waals surface area contributed by atoms with Crippen LogP contribution in [0.1, 0.15) is 13.8 Å². The van der Waals surface area contributed by atoms with Gasteiger partial charge in [-0.2, -0.15) is 0 Å². The Morgan fingerprint density at radius 2 is 2.07 bits per heavy atom. The highest BCUT2D eigenvalue weighted by Gasteiger charge is 2.07. The van der Waals surface area contributed by atoms with E-state index in [2.05, 4.69) is 10.2 Å². The van der Waals surface area contributed by atoms with Crippen molar-refractivity contribution in [1.29, 1.82) is 0 Å². The Bertz CT molecular complexity index is 205. The van der Waals surface area contributed by atoms with Crippen LogP contribution in [0.25, 0.3) is 0 Å². The van der Waals surface area contributed by atoms with Gasteiger partial charge in [0.15, 0.2) is 5.78 Å². The molecule has 3 heteroatoms. The van der Waals surface area contributed by atoms with E-state index in [1.165, 1.54) is 0 Å². The molecule has 0 radical (unpaired) electrons. The number of hydrogen-bond acceptors (Lipinski definition) is 3. The highest BCUT2D eigenvalue weighted by atomic mass is 16.1. The van der Waals surface area contributed by atoms with Crippen LogP contribution in [0.5, 0.6) is 0 Å². The summed E-state index contributed by atoms with van der Waals surface area (Å²) >= 11 is 0. The second-order valence-corrected chi connectivity index (χ2v) is 4.01. The van der Waals surface area contributed by atoms with E-state index < -0.39 is 0 Å². The Balaban J connectivity index is 2.21. The van der Waals surface area contributed by atoms with Crippen molar-refractivity contribution in [2.45, 2.75) is 13.8 Å². The summed E-state index contributed by atoms with van der Waals surface area (Å²) < 4.78 is 0. The smallest absolute Gasteiger partial charge is 0.157 e. The molecule has 0 aromatic heterocycles. The highest BCUT2D eigenvalue weighted by molar-refractivity contribution is 5.91. The van der Waals surface area contributed by atoms with Gasteiger partial charge in [-0.25, -0.2) is 0 Å². The first-order valence-electron chi connectivity index (χ1n) is 5.33. The van der Waals surface area contributed by atoms with Crippen molar-refractivity contribution >= 4 is 5.78 Å². The molecule has 1 heterocycles. The fraction of sp³-hybridized carbons (Fsp3) is 0.727. The maximum atomic E-state index is 11.3. The first kappa shape index (κ1) is 11.4. The van der Waals surface area contributed by atoms with Crippen LogP contribution in [0.4, 0.5) is 0 Å². The van der Waals surface area contributed by atoms with Crippen LogP contribution in [0.2, 0.25) is 0 Å². The lowest BCUT2D eigenvalue weighted by molar-refractivity contribution is -0.117. The van der Waals surface area contributed by atoms with Crippen LogP contribution in [0, 0.1) is 5.92 Å². The molecular weight excluding hydrogens is 176 g/mol. The third kappa shape index (κ3) is 4.03. The molecule has 0 aromatic carbocycles. The fourth-order valence-corrected chi connectivity index (χ4v) is 1.40. The number of ketones is 1. The van der Waals surface area contributed by atoms with Crippen LogP contribution < -0.4 is 5.32 Å². The van der Waals surface area contributed by atoms with Crippen LogP contribution in [0.3, 0.4) is 0 Å². The van der Waals surface area contributed by atoms with E-state index in [0.717, 1.165) is 32.7 Å². The summed E-state index contributed by atoms with van der Waals surface area (Å²) in [5.41, 5.74) is 0. The van der Waals surface area contributed by atoms with Crippen LogP contribution >= 0.6 is 0 Å². The molecule has 80 valence electrons. The SMILES string of the molecule is CC(C)C(=O)/C=C/CN1CCNCC1. The van der Waals surface area contributed by atoms with E-state index in [-0.39, 0.29) is 11.7 Å². The first-order chi connectivity index (χ1) is 6.70. The molecular formula is C11H20N2O. The molecule has 0 unspecified atom stereocenters. The summed E-state index contributed by atoms with van der Waals surface area (Å²) in [4.78, 5) is 13.6. The summed E-state index contributed by atoms with van der Waals surface area (Å²) in [7, 11) is 0. The van der Waals surface area contributed by atoms with Crippen molar-refractivity contribution in [3.05, 3.63) is 12.2 Å². The Kier molecular flexibility index (Phi) is 4.84. The lowest BCUT2D eigenvalue weighted by Crippen LogP contribution is -2.43. The number of nitrogens with zero attached hydrogens (tertiary/aromatic N) is 1. The van der Waals surface area contributed by atoms with Crippen molar-refractivity contribution in [2.75, 3.05) is 32.7 Å². The van der Waals surface area contributed by atoms with Gasteiger partial charge in [0.25, 0.3) is 0 Å². The molecule has 1 rings (SSSR count). The molecule has 1 aliphatic heterocycles. The third-order valence-electron chi connectivity index (χ3n) is 2.42. The van der Waals surface area contributed by atoms with Crippen LogP contribution in [-0.4, -0.2) is 43.4 Å². The zero-order chi connectivity index (χ0) is 10.4. The average Bonchev–Trinajstić information content (AvgIpc) is 2.19. The maximum Gasteiger partial charge on any atom is 0.157 e. The predicted octanol–water partition coefficient (Wildman–Crippen LogP) is 0.673. The zero-order valence-electron chi connectivity index (χ0n) is 9.12. The molecule has 14 heavy (non-hydrogen) atoms. The Hall–Kier alpha value is -0.670. The van der Waals surface area contributed by atoms with Crippen molar-refractivity contribution < 1.29 is 4.79 Å². The summed E-state index contributed by atoms with van der Waals surface area (Å²) in [6.07, 6.45) is 3.69. The maximum absolute atomic E-state index is 11.3. The number of carbonyl (C=O) groups is 1. The summed E-state index contributed by atoms with van der Waals surface area (Å²) in [5, 5.41) is 3.30. The molecule has 1 aliphatic rings. The van der Waals surface area contributed by atoms with Gasteiger partial charge in [-0.05, 0) is 6.08 Å². The number of nitrogens with one attached hydrogen (secondary N) is 1. The van der Waals surface area contributed by atoms with E-state index in [1.807, 2.05) is 19.9 Å². The molecule has 0 amide bonds. The zero-order valence-corrected chi connectivity index (χ0v) is 9.12. The molecule has 0 aliphatic carbocycles. The van der Waals surface area contributed by atoms with Gasteiger partial charge < -0.3 is 5.32 Å². The topological polar surface area (TPSA) is 32.3 Å². The summed E-state index contributed by atoms with van der Waals surface area (Å²) in [6.45, 7) is 9.05. The number of allylic oxidation sites excluding steroid dienone is 1. The van der Waals surface area contributed by atoms with Gasteiger partial charge in [0.05, 0.1) is 0 Å². The van der Waals surface area contributed by atoms with Gasteiger partial charge in [0, 0.05) is 38.6 Å². The predicted molar refractivity (Wildman–Crippen MR) is 58.3 cm³/mol. The van der Waals surface area contributed by atoms with Gasteiger partial charge in [-0.3, -0.25) is 9.69 Å². The molecule has 0 spiro atoms. The fourth-order valence-electron chi connectivity index (χ4n) is 1.40. The quantitative estimate of drug-likeness (QED) is 0.671. The second kappa shape index (κ2) is 5.94. The minimum absolute atomic E-state index is 0.120. The van der Waals surface area contributed by atoms with Crippen molar-refractivity contribution in [3.63, 3.8) is 0 Å². The molecule has 0 atom stereocenters. The molecule has 0 aromatic rings. The second-order valence-electron chi connectivity index (χ2n) is 4.01. The Labute approximate surface area is 86.2 Å². The lowest BCUT2D eigenvalue weighted by Gasteiger charge is -2.25. The summed E-state index contributed by atoms with van der Waals surface area (Å²) in [6, 6.07) is 0. The first-order valence-corrected chi connectivity index (χ1v) is 5.33.